The van der Waals surface area contributed by atoms with Gasteiger partial charge in [-0.3, -0.25) is 9.59 Å². The minimum absolute atomic E-state index is 0.0605. The lowest BCUT2D eigenvalue weighted by Crippen LogP contribution is -2.36. The quantitative estimate of drug-likeness (QED) is 0.704. The van der Waals surface area contributed by atoms with E-state index in [1.54, 1.807) is 6.92 Å². The molecule has 0 aliphatic heterocycles. The van der Waals surface area contributed by atoms with E-state index in [-0.39, 0.29) is 29.9 Å². The fraction of sp³-hybridized carbons (Fsp3) is 0.889. The van der Waals surface area contributed by atoms with Crippen LogP contribution >= 0.6 is 0 Å². The first kappa shape index (κ1) is 17.3. The van der Waals surface area contributed by atoms with Crippen molar-refractivity contribution in [3.05, 3.63) is 0 Å². The molecule has 0 amide bonds. The molecule has 0 aromatic heterocycles. The number of carbonyl (C=O) groups is 2. The molecule has 0 aromatic rings. The summed E-state index contributed by atoms with van der Waals surface area (Å²) in [5.41, 5.74) is 0. The molecule has 0 spiro atoms. The highest BCUT2D eigenvalue weighted by molar-refractivity contribution is 5.76. The smallest absolute Gasteiger partial charge is 0.309 e. The first-order valence-electron chi connectivity index (χ1n) is 8.78. The molecular formula is C18H30O4. The van der Waals surface area contributed by atoms with E-state index < -0.39 is 0 Å². The summed E-state index contributed by atoms with van der Waals surface area (Å²) >= 11 is 0. The number of hydrogen-bond acceptors (Lipinski definition) is 4. The predicted molar refractivity (Wildman–Crippen MR) is 84.1 cm³/mol. The molecule has 0 saturated heterocycles. The highest BCUT2D eigenvalue weighted by Crippen LogP contribution is 2.42. The third-order valence-corrected chi connectivity index (χ3v) is 5.20. The third kappa shape index (κ3) is 4.47. The van der Waals surface area contributed by atoms with Crippen molar-refractivity contribution in [2.45, 2.75) is 65.9 Å². The van der Waals surface area contributed by atoms with Gasteiger partial charge < -0.3 is 9.47 Å². The van der Waals surface area contributed by atoms with Crippen molar-refractivity contribution in [2.75, 3.05) is 6.61 Å². The van der Waals surface area contributed by atoms with E-state index in [0.717, 1.165) is 19.3 Å². The number of esters is 2. The highest BCUT2D eigenvalue weighted by Gasteiger charge is 2.46. The van der Waals surface area contributed by atoms with Crippen molar-refractivity contribution in [3.8, 4) is 0 Å². The van der Waals surface area contributed by atoms with Gasteiger partial charge in [0.05, 0.1) is 12.5 Å². The summed E-state index contributed by atoms with van der Waals surface area (Å²) in [5.74, 6) is 1.49. The summed E-state index contributed by atoms with van der Waals surface area (Å²) in [4.78, 5) is 23.5. The molecule has 0 N–H and O–H groups in total. The normalized spacial score (nSPS) is 34.3. The molecule has 4 nitrogen and oxygen atoms in total. The predicted octanol–water partition coefficient (Wildman–Crippen LogP) is 3.58. The standard InChI is InChI=1S/C18H30O4/c1-5-17(19)21-10-13-9-15(13)18(20)22-16-8-12(4)6-7-14(16)11(2)3/h11-16H,5-10H2,1-4H3. The fourth-order valence-corrected chi connectivity index (χ4v) is 3.51. The van der Waals surface area contributed by atoms with Crippen LogP contribution in [0.4, 0.5) is 0 Å². The first-order valence-corrected chi connectivity index (χ1v) is 8.78. The lowest BCUT2D eigenvalue weighted by molar-refractivity contribution is -0.158. The molecule has 0 bridgehead atoms. The Morgan fingerprint density at radius 2 is 1.91 bits per heavy atom. The molecule has 2 fully saturated rings. The van der Waals surface area contributed by atoms with E-state index in [2.05, 4.69) is 20.8 Å². The Morgan fingerprint density at radius 1 is 1.18 bits per heavy atom. The number of hydrogen-bond donors (Lipinski definition) is 0. The largest absolute Gasteiger partial charge is 0.465 e. The molecule has 126 valence electrons. The molecule has 0 radical (unpaired) electrons. The van der Waals surface area contributed by atoms with Crippen molar-refractivity contribution in [2.24, 2.45) is 29.6 Å². The van der Waals surface area contributed by atoms with Gasteiger partial charge in [0, 0.05) is 12.3 Å². The SMILES string of the molecule is CCC(=O)OCC1CC1C(=O)OC1CC(C)CCC1C(C)C. The van der Waals surface area contributed by atoms with Crippen LogP contribution in [0.5, 0.6) is 0 Å². The van der Waals surface area contributed by atoms with Gasteiger partial charge >= 0.3 is 11.9 Å². The van der Waals surface area contributed by atoms with Crippen LogP contribution in [0.1, 0.15) is 59.8 Å². The van der Waals surface area contributed by atoms with E-state index in [4.69, 9.17) is 9.47 Å². The van der Waals surface area contributed by atoms with Crippen molar-refractivity contribution < 1.29 is 19.1 Å². The minimum Gasteiger partial charge on any atom is -0.465 e. The number of ether oxygens (including phenoxy) is 2. The van der Waals surface area contributed by atoms with Gasteiger partial charge in [-0.2, -0.15) is 0 Å². The Labute approximate surface area is 133 Å². The molecule has 0 heterocycles. The van der Waals surface area contributed by atoms with Crippen LogP contribution in [-0.2, 0) is 19.1 Å². The van der Waals surface area contributed by atoms with Gasteiger partial charge in [0.25, 0.3) is 0 Å². The topological polar surface area (TPSA) is 52.6 Å². The molecule has 0 aromatic carbocycles. The van der Waals surface area contributed by atoms with Gasteiger partial charge in [0.15, 0.2) is 0 Å². The fourth-order valence-electron chi connectivity index (χ4n) is 3.51. The third-order valence-electron chi connectivity index (χ3n) is 5.20. The van der Waals surface area contributed by atoms with Gasteiger partial charge in [0.2, 0.25) is 0 Å². The molecule has 5 unspecified atom stereocenters. The van der Waals surface area contributed by atoms with E-state index in [0.29, 0.717) is 30.8 Å². The molecule has 22 heavy (non-hydrogen) atoms. The zero-order valence-corrected chi connectivity index (χ0v) is 14.3. The van der Waals surface area contributed by atoms with Crippen molar-refractivity contribution in [1.29, 1.82) is 0 Å². The van der Waals surface area contributed by atoms with Crippen LogP contribution in [-0.4, -0.2) is 24.6 Å². The Hall–Kier alpha value is -1.06. The van der Waals surface area contributed by atoms with E-state index in [9.17, 15) is 9.59 Å². The number of rotatable bonds is 6. The maximum atomic E-state index is 12.3. The Morgan fingerprint density at radius 3 is 2.55 bits per heavy atom. The summed E-state index contributed by atoms with van der Waals surface area (Å²) < 4.78 is 11.0. The molecule has 2 saturated carbocycles. The van der Waals surface area contributed by atoms with Crippen LogP contribution in [0.15, 0.2) is 0 Å². The highest BCUT2D eigenvalue weighted by atomic mass is 16.5. The van der Waals surface area contributed by atoms with Gasteiger partial charge in [-0.1, -0.05) is 34.1 Å². The zero-order valence-electron chi connectivity index (χ0n) is 14.3. The monoisotopic (exact) mass is 310 g/mol. The Kier molecular flexibility index (Phi) is 5.87. The van der Waals surface area contributed by atoms with Crippen molar-refractivity contribution in [1.82, 2.24) is 0 Å². The van der Waals surface area contributed by atoms with Gasteiger partial charge in [-0.05, 0) is 37.0 Å². The molecule has 2 rings (SSSR count). The van der Waals surface area contributed by atoms with Crippen LogP contribution in [0.3, 0.4) is 0 Å². The van der Waals surface area contributed by atoms with Gasteiger partial charge in [-0.15, -0.1) is 0 Å². The van der Waals surface area contributed by atoms with Crippen LogP contribution in [0, 0.1) is 29.6 Å². The lowest BCUT2D eigenvalue weighted by Gasteiger charge is -2.36. The van der Waals surface area contributed by atoms with E-state index >= 15 is 0 Å². The lowest BCUT2D eigenvalue weighted by atomic mass is 9.75. The average Bonchev–Trinajstić information content (AvgIpc) is 3.24. The molecule has 2 aliphatic rings. The maximum Gasteiger partial charge on any atom is 0.309 e. The maximum absolute atomic E-state index is 12.3. The van der Waals surface area contributed by atoms with Crippen molar-refractivity contribution >= 4 is 11.9 Å². The summed E-state index contributed by atoms with van der Waals surface area (Å²) in [6.45, 7) is 8.80. The van der Waals surface area contributed by atoms with Crippen LogP contribution in [0.25, 0.3) is 0 Å². The summed E-state index contributed by atoms with van der Waals surface area (Å²) in [6.07, 6.45) is 4.62. The zero-order chi connectivity index (χ0) is 16.3. The number of carbonyl (C=O) groups excluding carboxylic acids is 2. The second-order valence-corrected chi connectivity index (χ2v) is 7.44. The second-order valence-electron chi connectivity index (χ2n) is 7.44. The van der Waals surface area contributed by atoms with E-state index in [1.807, 2.05) is 0 Å². The summed E-state index contributed by atoms with van der Waals surface area (Å²) in [6, 6.07) is 0. The molecule has 2 aliphatic carbocycles. The Bertz CT molecular complexity index is 404. The summed E-state index contributed by atoms with van der Waals surface area (Å²) in [5, 5.41) is 0. The van der Waals surface area contributed by atoms with Crippen molar-refractivity contribution in [3.63, 3.8) is 0 Å². The first-order chi connectivity index (χ1) is 10.4. The molecular weight excluding hydrogens is 280 g/mol. The molecule has 4 heteroatoms. The van der Waals surface area contributed by atoms with E-state index in [1.165, 1.54) is 6.42 Å². The molecule has 5 atom stereocenters. The van der Waals surface area contributed by atoms with Crippen LogP contribution in [0.2, 0.25) is 0 Å². The minimum atomic E-state index is -0.194. The Balaban J connectivity index is 1.80. The van der Waals surface area contributed by atoms with Gasteiger partial charge in [0.1, 0.15) is 6.10 Å². The average molecular weight is 310 g/mol. The summed E-state index contributed by atoms with van der Waals surface area (Å²) in [7, 11) is 0. The van der Waals surface area contributed by atoms with Crippen LogP contribution < -0.4 is 0 Å². The van der Waals surface area contributed by atoms with Gasteiger partial charge in [-0.25, -0.2) is 0 Å². The second kappa shape index (κ2) is 7.47.